The van der Waals surface area contributed by atoms with E-state index in [1.165, 1.54) is 0 Å². The van der Waals surface area contributed by atoms with Crippen LogP contribution in [0.2, 0.25) is 0 Å². The van der Waals surface area contributed by atoms with Crippen molar-refractivity contribution in [2.24, 2.45) is 5.73 Å². The molecule has 4 nitrogen and oxygen atoms in total. The van der Waals surface area contributed by atoms with Crippen molar-refractivity contribution in [1.82, 2.24) is 14.5 Å². The van der Waals surface area contributed by atoms with Gasteiger partial charge in [-0.15, -0.1) is 0 Å². The van der Waals surface area contributed by atoms with Crippen LogP contribution in [0.4, 0.5) is 0 Å². The van der Waals surface area contributed by atoms with E-state index in [1.807, 2.05) is 24.7 Å². The van der Waals surface area contributed by atoms with Gasteiger partial charge in [-0.05, 0) is 25.0 Å². The third-order valence-corrected chi connectivity index (χ3v) is 3.06. The SMILES string of the molecule is CCCc1nccn1-c1ccc(C(N)CC)nc1. The molecule has 2 rings (SSSR count). The predicted octanol–water partition coefficient (Wildman–Crippen LogP) is 2.63. The average Bonchev–Trinajstić information content (AvgIpc) is 2.87. The number of aryl methyl sites for hydroxylation is 1. The van der Waals surface area contributed by atoms with E-state index in [0.717, 1.165) is 36.5 Å². The summed E-state index contributed by atoms with van der Waals surface area (Å²) in [6.45, 7) is 4.22. The van der Waals surface area contributed by atoms with Gasteiger partial charge in [-0.2, -0.15) is 0 Å². The summed E-state index contributed by atoms with van der Waals surface area (Å²) in [6.07, 6.45) is 8.63. The Morgan fingerprint density at radius 2 is 2.11 bits per heavy atom. The maximum atomic E-state index is 5.96. The number of rotatable bonds is 5. The highest BCUT2D eigenvalue weighted by Crippen LogP contribution is 2.15. The van der Waals surface area contributed by atoms with E-state index in [4.69, 9.17) is 5.73 Å². The van der Waals surface area contributed by atoms with Crippen molar-refractivity contribution >= 4 is 0 Å². The summed E-state index contributed by atoms with van der Waals surface area (Å²) >= 11 is 0. The van der Waals surface area contributed by atoms with Gasteiger partial charge < -0.3 is 10.3 Å². The lowest BCUT2D eigenvalue weighted by Crippen LogP contribution is -2.11. The lowest BCUT2D eigenvalue weighted by atomic mass is 10.1. The second-order valence-electron chi connectivity index (χ2n) is 4.42. The van der Waals surface area contributed by atoms with Crippen molar-refractivity contribution in [1.29, 1.82) is 0 Å². The third-order valence-electron chi connectivity index (χ3n) is 3.06. The average molecular weight is 244 g/mol. The summed E-state index contributed by atoms with van der Waals surface area (Å²) < 4.78 is 2.08. The Labute approximate surface area is 108 Å². The van der Waals surface area contributed by atoms with Crippen LogP contribution in [-0.2, 0) is 6.42 Å². The zero-order valence-corrected chi connectivity index (χ0v) is 11.0. The Hall–Kier alpha value is -1.68. The minimum Gasteiger partial charge on any atom is -0.323 e. The van der Waals surface area contributed by atoms with Crippen LogP contribution in [-0.4, -0.2) is 14.5 Å². The molecule has 0 saturated carbocycles. The van der Waals surface area contributed by atoms with Crippen molar-refractivity contribution < 1.29 is 0 Å². The first-order valence-electron chi connectivity index (χ1n) is 6.50. The maximum Gasteiger partial charge on any atom is 0.113 e. The Morgan fingerprint density at radius 1 is 1.28 bits per heavy atom. The van der Waals surface area contributed by atoms with Crippen molar-refractivity contribution in [3.05, 3.63) is 42.2 Å². The molecule has 0 saturated heterocycles. The van der Waals surface area contributed by atoms with Crippen molar-refractivity contribution in [3.8, 4) is 5.69 Å². The third kappa shape index (κ3) is 2.59. The summed E-state index contributed by atoms with van der Waals surface area (Å²) in [4.78, 5) is 8.80. The number of pyridine rings is 1. The second kappa shape index (κ2) is 5.78. The number of hydrogen-bond acceptors (Lipinski definition) is 3. The molecule has 0 amide bonds. The topological polar surface area (TPSA) is 56.7 Å². The fourth-order valence-corrected chi connectivity index (χ4v) is 1.95. The quantitative estimate of drug-likeness (QED) is 0.879. The molecule has 4 heteroatoms. The van der Waals surface area contributed by atoms with E-state index in [-0.39, 0.29) is 6.04 Å². The van der Waals surface area contributed by atoms with Crippen molar-refractivity contribution in [2.75, 3.05) is 0 Å². The molecule has 2 N–H and O–H groups in total. The zero-order valence-electron chi connectivity index (χ0n) is 11.0. The van der Waals surface area contributed by atoms with Crippen LogP contribution >= 0.6 is 0 Å². The highest BCUT2D eigenvalue weighted by molar-refractivity contribution is 5.32. The van der Waals surface area contributed by atoms with E-state index in [1.54, 1.807) is 0 Å². The van der Waals surface area contributed by atoms with Gasteiger partial charge in [0.1, 0.15) is 5.82 Å². The molecule has 96 valence electrons. The first-order chi connectivity index (χ1) is 8.76. The molecule has 2 aromatic rings. The Morgan fingerprint density at radius 3 is 2.72 bits per heavy atom. The molecular weight excluding hydrogens is 224 g/mol. The van der Waals surface area contributed by atoms with E-state index in [2.05, 4.69) is 34.4 Å². The number of nitrogens with zero attached hydrogens (tertiary/aromatic N) is 3. The molecule has 2 aromatic heterocycles. The van der Waals surface area contributed by atoms with Gasteiger partial charge in [-0.1, -0.05) is 13.8 Å². The monoisotopic (exact) mass is 244 g/mol. The van der Waals surface area contributed by atoms with Gasteiger partial charge in [0.25, 0.3) is 0 Å². The van der Waals surface area contributed by atoms with E-state index in [9.17, 15) is 0 Å². The molecule has 0 bridgehead atoms. The zero-order chi connectivity index (χ0) is 13.0. The first kappa shape index (κ1) is 12.8. The van der Waals surface area contributed by atoms with Gasteiger partial charge in [-0.3, -0.25) is 4.98 Å². The van der Waals surface area contributed by atoms with Crippen LogP contribution in [0.5, 0.6) is 0 Å². The van der Waals surface area contributed by atoms with Crippen LogP contribution in [0.25, 0.3) is 5.69 Å². The fraction of sp³-hybridized carbons (Fsp3) is 0.429. The summed E-state index contributed by atoms with van der Waals surface area (Å²) in [5.74, 6) is 1.08. The summed E-state index contributed by atoms with van der Waals surface area (Å²) in [5, 5.41) is 0. The van der Waals surface area contributed by atoms with Gasteiger partial charge >= 0.3 is 0 Å². The van der Waals surface area contributed by atoms with Gasteiger partial charge in [-0.25, -0.2) is 4.98 Å². The maximum absolute atomic E-state index is 5.96. The van der Waals surface area contributed by atoms with E-state index < -0.39 is 0 Å². The fourth-order valence-electron chi connectivity index (χ4n) is 1.95. The number of aromatic nitrogens is 3. The molecule has 0 radical (unpaired) electrons. The van der Waals surface area contributed by atoms with Crippen LogP contribution < -0.4 is 5.73 Å². The second-order valence-corrected chi connectivity index (χ2v) is 4.42. The standard InChI is InChI=1S/C14H20N4/c1-3-5-14-16-8-9-18(14)11-6-7-13(17-10-11)12(15)4-2/h6-10,12H,3-5,15H2,1-2H3. The van der Waals surface area contributed by atoms with Crippen LogP contribution in [0, 0.1) is 0 Å². The van der Waals surface area contributed by atoms with Crippen LogP contribution in [0.3, 0.4) is 0 Å². The smallest absolute Gasteiger partial charge is 0.113 e. The normalized spacial score (nSPS) is 12.6. The van der Waals surface area contributed by atoms with Gasteiger partial charge in [0.15, 0.2) is 0 Å². The molecule has 18 heavy (non-hydrogen) atoms. The lowest BCUT2D eigenvalue weighted by Gasteiger charge is -2.10. The molecule has 1 atom stereocenters. The van der Waals surface area contributed by atoms with Gasteiger partial charge in [0.05, 0.1) is 17.6 Å². The molecule has 0 fully saturated rings. The Kier molecular flexibility index (Phi) is 4.10. The lowest BCUT2D eigenvalue weighted by molar-refractivity contribution is 0.674. The number of nitrogens with two attached hydrogens (primary N) is 1. The van der Waals surface area contributed by atoms with E-state index in [0.29, 0.717) is 0 Å². The molecule has 0 spiro atoms. The molecular formula is C14H20N4. The molecule has 0 aliphatic heterocycles. The molecule has 0 aromatic carbocycles. The van der Waals surface area contributed by atoms with Gasteiger partial charge in [0.2, 0.25) is 0 Å². The highest BCUT2D eigenvalue weighted by atomic mass is 15.1. The predicted molar refractivity (Wildman–Crippen MR) is 72.6 cm³/mol. The minimum atomic E-state index is 0.0250. The van der Waals surface area contributed by atoms with Gasteiger partial charge in [0, 0.05) is 24.9 Å². The highest BCUT2D eigenvalue weighted by Gasteiger charge is 2.07. The summed E-state index contributed by atoms with van der Waals surface area (Å²) in [7, 11) is 0. The first-order valence-corrected chi connectivity index (χ1v) is 6.50. The largest absolute Gasteiger partial charge is 0.323 e. The number of imidazole rings is 1. The van der Waals surface area contributed by atoms with E-state index >= 15 is 0 Å². The van der Waals surface area contributed by atoms with Crippen molar-refractivity contribution in [2.45, 2.75) is 39.2 Å². The molecule has 0 aliphatic rings. The van der Waals surface area contributed by atoms with Crippen LogP contribution in [0.1, 0.15) is 44.2 Å². The molecule has 1 unspecified atom stereocenters. The Bertz CT molecular complexity index is 487. The molecule has 0 aliphatic carbocycles. The Balaban J connectivity index is 2.26. The summed E-state index contributed by atoms with van der Waals surface area (Å²) in [5.41, 5.74) is 7.95. The number of hydrogen-bond donors (Lipinski definition) is 1. The van der Waals surface area contributed by atoms with Crippen LogP contribution in [0.15, 0.2) is 30.7 Å². The molecule has 2 heterocycles. The van der Waals surface area contributed by atoms with Crippen molar-refractivity contribution in [3.63, 3.8) is 0 Å². The minimum absolute atomic E-state index is 0.0250. The summed E-state index contributed by atoms with van der Waals surface area (Å²) in [6, 6.07) is 4.08.